The molecule has 0 radical (unpaired) electrons. The lowest BCUT2D eigenvalue weighted by molar-refractivity contribution is 0.447. The number of benzene rings is 8. The highest BCUT2D eigenvalue weighted by molar-refractivity contribution is 6.01. The van der Waals surface area contributed by atoms with Gasteiger partial charge in [-0.1, -0.05) is 171 Å². The molecule has 8 aromatic carbocycles. The van der Waals surface area contributed by atoms with Gasteiger partial charge in [-0.25, -0.2) is 0 Å². The second-order valence-electron chi connectivity index (χ2n) is 19.6. The minimum absolute atomic E-state index is 0.233. The molecule has 14 rings (SSSR count). The maximum absolute atomic E-state index is 2.73. The van der Waals surface area contributed by atoms with E-state index in [0.717, 1.165) is 5.69 Å². The van der Waals surface area contributed by atoms with Crippen LogP contribution in [0.5, 0.6) is 0 Å². The van der Waals surface area contributed by atoms with Crippen molar-refractivity contribution in [3.8, 4) is 22.3 Å². The molecule has 4 aliphatic carbocycles. The van der Waals surface area contributed by atoms with Crippen LogP contribution in [-0.4, -0.2) is 5.54 Å². The molecule has 0 amide bonds. The van der Waals surface area contributed by atoms with Gasteiger partial charge in [0.1, 0.15) is 0 Å². The summed E-state index contributed by atoms with van der Waals surface area (Å²) in [5, 5.41) is 0. The van der Waals surface area contributed by atoms with E-state index in [-0.39, 0.29) is 16.7 Å². The van der Waals surface area contributed by atoms with Crippen molar-refractivity contribution in [2.24, 2.45) is 5.92 Å². The third-order valence-corrected chi connectivity index (χ3v) is 16.5. The maximum Gasteiger partial charge on any atom is 0.0839 e. The Morgan fingerprint density at radius 2 is 0.954 bits per heavy atom. The van der Waals surface area contributed by atoms with E-state index < -0.39 is 11.0 Å². The highest BCUT2D eigenvalue weighted by atomic mass is 15.2. The topological polar surface area (TPSA) is 6.48 Å². The smallest absolute Gasteiger partial charge is 0.0839 e. The van der Waals surface area contributed by atoms with Crippen LogP contribution in [0.1, 0.15) is 66.6 Å². The number of fused-ring (bicyclic) bond motifs is 18. The number of anilines is 5. The lowest BCUT2D eigenvalue weighted by atomic mass is 9.48. The third kappa shape index (κ3) is 4.36. The summed E-state index contributed by atoms with van der Waals surface area (Å²) in [5.74, 6) is 0.233. The first-order valence-electron chi connectivity index (χ1n) is 23.4. The van der Waals surface area contributed by atoms with Crippen molar-refractivity contribution in [3.63, 3.8) is 0 Å². The van der Waals surface area contributed by atoms with Gasteiger partial charge in [0.15, 0.2) is 0 Å². The zero-order valence-electron chi connectivity index (χ0n) is 37.2. The molecule has 2 nitrogen and oxygen atoms in total. The van der Waals surface area contributed by atoms with Crippen LogP contribution in [0.15, 0.2) is 223 Å². The van der Waals surface area contributed by atoms with Crippen LogP contribution >= 0.6 is 0 Å². The van der Waals surface area contributed by atoms with Gasteiger partial charge in [-0.3, -0.25) is 0 Å². The molecule has 0 aromatic heterocycles. The second kappa shape index (κ2) is 12.6. The van der Waals surface area contributed by atoms with E-state index in [1.807, 2.05) is 0 Å². The Morgan fingerprint density at radius 3 is 1.65 bits per heavy atom. The predicted molar refractivity (Wildman–Crippen MR) is 269 cm³/mol. The van der Waals surface area contributed by atoms with Crippen molar-refractivity contribution in [2.75, 3.05) is 9.80 Å². The Morgan fingerprint density at radius 1 is 0.431 bits per heavy atom. The van der Waals surface area contributed by atoms with E-state index >= 15 is 0 Å². The fourth-order valence-corrected chi connectivity index (χ4v) is 14.2. The van der Waals surface area contributed by atoms with Crippen molar-refractivity contribution in [1.82, 2.24) is 0 Å². The Balaban J connectivity index is 1.08. The van der Waals surface area contributed by atoms with Gasteiger partial charge in [-0.2, -0.15) is 0 Å². The summed E-state index contributed by atoms with van der Waals surface area (Å²) in [6, 6.07) is 73.5. The molecule has 0 saturated carbocycles. The van der Waals surface area contributed by atoms with Crippen molar-refractivity contribution >= 4 is 34.0 Å². The first-order valence-corrected chi connectivity index (χ1v) is 23.4. The van der Waals surface area contributed by atoms with E-state index in [0.29, 0.717) is 0 Å². The summed E-state index contributed by atoms with van der Waals surface area (Å²) in [6.07, 6.45) is 7.75. The molecule has 2 heteroatoms. The van der Waals surface area contributed by atoms with E-state index in [1.165, 1.54) is 101 Å². The van der Waals surface area contributed by atoms with Crippen LogP contribution in [-0.2, 0) is 16.2 Å². The number of allylic oxidation sites excluding steroid dienone is 4. The Hall–Kier alpha value is -7.42. The molecular formula is C63H48N2. The number of hydrogen-bond acceptors (Lipinski definition) is 2. The fraction of sp³-hybridized carbons (Fsp3) is 0.143. The van der Waals surface area contributed by atoms with Crippen LogP contribution in [0.3, 0.4) is 0 Å². The highest BCUT2D eigenvalue weighted by Gasteiger charge is 2.60. The van der Waals surface area contributed by atoms with Gasteiger partial charge in [-0.15, -0.1) is 0 Å². The van der Waals surface area contributed by atoms with Crippen molar-refractivity contribution < 1.29 is 0 Å². The van der Waals surface area contributed by atoms with E-state index in [9.17, 15) is 0 Å². The molecule has 8 aromatic rings. The minimum atomic E-state index is -0.562. The lowest BCUT2D eigenvalue weighted by Crippen LogP contribution is -2.59. The monoisotopic (exact) mass is 832 g/mol. The number of nitrogens with zero attached hydrogens (tertiary/aromatic N) is 2. The van der Waals surface area contributed by atoms with Gasteiger partial charge in [0, 0.05) is 27.9 Å². The first-order chi connectivity index (χ1) is 31.8. The summed E-state index contributed by atoms with van der Waals surface area (Å²) in [6.45, 7) is 9.99. The SMILES string of the molecule is CC1C=CC2(C)C3=C1C1(C)C(=CC3(C)N(c3ccc4c(c3)C3(c5ccccc5-4)c4ccccc4N(c4ccccc4)c4ccccc43)c3ccccc32)c2ccccc2-c2ccccc21. The van der Waals surface area contributed by atoms with Gasteiger partial charge >= 0.3 is 0 Å². The van der Waals surface area contributed by atoms with Gasteiger partial charge in [-0.05, 0) is 153 Å². The summed E-state index contributed by atoms with van der Waals surface area (Å²) in [4.78, 5) is 5.20. The van der Waals surface area contributed by atoms with Crippen LogP contribution in [0.4, 0.5) is 28.4 Å². The zero-order valence-corrected chi connectivity index (χ0v) is 37.2. The second-order valence-corrected chi connectivity index (χ2v) is 19.6. The van der Waals surface area contributed by atoms with Gasteiger partial charge < -0.3 is 9.80 Å². The summed E-state index contributed by atoms with van der Waals surface area (Å²) in [7, 11) is 0. The molecular weight excluding hydrogens is 785 g/mol. The van der Waals surface area contributed by atoms with Gasteiger partial charge in [0.25, 0.3) is 0 Å². The fourth-order valence-electron chi connectivity index (χ4n) is 14.2. The molecule has 0 saturated heterocycles. The molecule has 310 valence electrons. The summed E-state index contributed by atoms with van der Waals surface area (Å²) >= 11 is 0. The normalized spacial score (nSPS) is 24.1. The van der Waals surface area contributed by atoms with E-state index in [4.69, 9.17) is 0 Å². The minimum Gasteiger partial charge on any atom is -0.328 e. The number of rotatable bonds is 2. The molecule has 4 unspecified atom stereocenters. The quantitative estimate of drug-likeness (QED) is 0.160. The third-order valence-electron chi connectivity index (χ3n) is 16.5. The summed E-state index contributed by atoms with van der Waals surface area (Å²) < 4.78 is 0. The van der Waals surface area contributed by atoms with Crippen molar-refractivity contribution in [1.29, 1.82) is 0 Å². The zero-order chi connectivity index (χ0) is 43.5. The molecule has 2 aliphatic heterocycles. The molecule has 0 fully saturated rings. The Bertz CT molecular complexity index is 3430. The first kappa shape index (κ1) is 37.0. The molecule has 1 spiro atoms. The highest BCUT2D eigenvalue weighted by Crippen LogP contribution is 2.69. The largest absolute Gasteiger partial charge is 0.328 e. The molecule has 0 N–H and O–H groups in total. The lowest BCUT2D eigenvalue weighted by Gasteiger charge is -2.61. The van der Waals surface area contributed by atoms with Gasteiger partial charge in [0.05, 0.1) is 22.3 Å². The average Bonchev–Trinajstić information content (AvgIpc) is 3.63. The molecule has 6 aliphatic rings. The van der Waals surface area contributed by atoms with Gasteiger partial charge in [0.2, 0.25) is 0 Å². The van der Waals surface area contributed by atoms with E-state index in [1.54, 1.807) is 0 Å². The average molecular weight is 833 g/mol. The predicted octanol–water partition coefficient (Wildman–Crippen LogP) is 15.5. The van der Waals surface area contributed by atoms with Crippen LogP contribution in [0.25, 0.3) is 27.8 Å². The Labute approximate surface area is 382 Å². The van der Waals surface area contributed by atoms with E-state index in [2.05, 4.69) is 250 Å². The standard InChI is InChI=1S/C63H48N2/c1-40-36-37-60(2)50-28-14-19-33-57(50)65(61(3)39-54-45-24-9-8-22-43(45)44-23-10-12-26-48(44)62(54,4)58(40)59(60)61)42-34-35-47-46-25-11-13-27-49(46)63(53(47)38-42)51-29-15-17-31-55(51)64(41-20-6-5-7-21-41)56-32-18-16-30-52(56)63/h5-40H,1-4H3. The maximum atomic E-state index is 2.73. The van der Waals surface area contributed by atoms with Crippen molar-refractivity contribution in [2.45, 2.75) is 49.5 Å². The molecule has 65 heavy (non-hydrogen) atoms. The number of para-hydroxylation sites is 4. The van der Waals surface area contributed by atoms with Crippen LogP contribution in [0.2, 0.25) is 0 Å². The molecule has 0 bridgehead atoms. The molecule has 2 heterocycles. The number of hydrogen-bond donors (Lipinski definition) is 0. The Kier molecular flexibility index (Phi) is 7.20. The van der Waals surface area contributed by atoms with Crippen LogP contribution < -0.4 is 9.80 Å². The molecule has 4 atom stereocenters. The summed E-state index contributed by atoms with van der Waals surface area (Å²) in [5.41, 5.74) is 23.4. The van der Waals surface area contributed by atoms with Crippen molar-refractivity contribution in [3.05, 3.63) is 262 Å². The van der Waals surface area contributed by atoms with Crippen LogP contribution in [0, 0.1) is 5.92 Å².